The number of hydrogen-bond donors (Lipinski definition) is 1. The molecule has 0 aromatic carbocycles. The summed E-state index contributed by atoms with van der Waals surface area (Å²) >= 11 is 2.79. The SMILES string of the molecule is O=C(Br)c1ccc[nH]1. The van der Waals surface area contributed by atoms with Crippen LogP contribution in [0.5, 0.6) is 0 Å². The molecule has 0 aliphatic heterocycles. The summed E-state index contributed by atoms with van der Waals surface area (Å²) in [5.41, 5.74) is 0.588. The number of H-pyrrole nitrogens is 1. The van der Waals surface area contributed by atoms with Crippen LogP contribution in [-0.2, 0) is 0 Å². The van der Waals surface area contributed by atoms with E-state index in [1.807, 2.05) is 0 Å². The van der Waals surface area contributed by atoms with Crippen molar-refractivity contribution in [2.24, 2.45) is 0 Å². The van der Waals surface area contributed by atoms with Gasteiger partial charge in [0, 0.05) is 6.20 Å². The van der Waals surface area contributed by atoms with E-state index in [0.717, 1.165) is 0 Å². The molecule has 0 aliphatic carbocycles. The lowest BCUT2D eigenvalue weighted by molar-refractivity contribution is 0.109. The zero-order valence-electron chi connectivity index (χ0n) is 4.02. The van der Waals surface area contributed by atoms with E-state index in [1.165, 1.54) is 0 Å². The van der Waals surface area contributed by atoms with Crippen LogP contribution < -0.4 is 0 Å². The number of halogens is 1. The summed E-state index contributed by atoms with van der Waals surface area (Å²) in [6.45, 7) is 0. The lowest BCUT2D eigenvalue weighted by Gasteiger charge is -1.79. The molecule has 0 atom stereocenters. The molecule has 0 amide bonds. The van der Waals surface area contributed by atoms with Gasteiger partial charge in [-0.25, -0.2) is 0 Å². The molecule has 1 heterocycles. The minimum absolute atomic E-state index is 0.109. The first-order valence-electron chi connectivity index (χ1n) is 2.14. The van der Waals surface area contributed by atoms with E-state index in [9.17, 15) is 4.79 Å². The van der Waals surface area contributed by atoms with Crippen molar-refractivity contribution in [1.29, 1.82) is 0 Å². The molecule has 0 bridgehead atoms. The highest BCUT2D eigenvalue weighted by Crippen LogP contribution is 1.99. The molecule has 1 rings (SSSR count). The predicted molar refractivity (Wildman–Crippen MR) is 34.1 cm³/mol. The fraction of sp³-hybridized carbons (Fsp3) is 0. The Morgan fingerprint density at radius 3 is 2.75 bits per heavy atom. The quantitative estimate of drug-likeness (QED) is 0.643. The van der Waals surface area contributed by atoms with Crippen LogP contribution in [0.1, 0.15) is 10.5 Å². The van der Waals surface area contributed by atoms with Gasteiger partial charge in [0.2, 0.25) is 4.69 Å². The Bertz CT molecular complexity index is 180. The number of carbonyl (C=O) groups excluding carboxylic acids is 1. The zero-order valence-corrected chi connectivity index (χ0v) is 5.60. The Kier molecular flexibility index (Phi) is 1.48. The van der Waals surface area contributed by atoms with Crippen LogP contribution in [0.15, 0.2) is 18.3 Å². The number of carbonyl (C=O) groups is 1. The molecular formula is C5H4BrNO. The van der Waals surface area contributed by atoms with Gasteiger partial charge >= 0.3 is 0 Å². The summed E-state index contributed by atoms with van der Waals surface area (Å²) in [5, 5.41) is 0. The van der Waals surface area contributed by atoms with E-state index in [2.05, 4.69) is 20.9 Å². The molecule has 1 aromatic heterocycles. The fourth-order valence-electron chi connectivity index (χ4n) is 0.453. The van der Waals surface area contributed by atoms with Crippen molar-refractivity contribution in [3.8, 4) is 0 Å². The summed E-state index contributed by atoms with van der Waals surface area (Å²) in [4.78, 5) is 13.1. The van der Waals surface area contributed by atoms with Gasteiger partial charge in [0.1, 0.15) is 0 Å². The summed E-state index contributed by atoms with van der Waals surface area (Å²) in [6, 6.07) is 3.48. The number of nitrogens with one attached hydrogen (secondary N) is 1. The molecule has 0 saturated heterocycles. The summed E-state index contributed by atoms with van der Waals surface area (Å²) in [5.74, 6) is 0. The van der Waals surface area contributed by atoms with Crippen LogP contribution in [0.3, 0.4) is 0 Å². The maximum Gasteiger partial charge on any atom is 0.244 e. The van der Waals surface area contributed by atoms with Crippen molar-refractivity contribution in [2.75, 3.05) is 0 Å². The van der Waals surface area contributed by atoms with Gasteiger partial charge in [0.05, 0.1) is 5.69 Å². The van der Waals surface area contributed by atoms with Crippen LogP contribution >= 0.6 is 15.9 Å². The minimum Gasteiger partial charge on any atom is -0.358 e. The van der Waals surface area contributed by atoms with Crippen molar-refractivity contribution >= 4 is 20.6 Å². The van der Waals surface area contributed by atoms with E-state index >= 15 is 0 Å². The first-order chi connectivity index (χ1) is 3.80. The van der Waals surface area contributed by atoms with Gasteiger partial charge < -0.3 is 4.98 Å². The van der Waals surface area contributed by atoms with Crippen molar-refractivity contribution in [1.82, 2.24) is 4.98 Å². The first kappa shape index (κ1) is 5.56. The lowest BCUT2D eigenvalue weighted by Crippen LogP contribution is -1.84. The number of aromatic nitrogens is 1. The molecule has 8 heavy (non-hydrogen) atoms. The highest BCUT2D eigenvalue weighted by atomic mass is 79.9. The molecular weight excluding hydrogens is 170 g/mol. The van der Waals surface area contributed by atoms with Crippen molar-refractivity contribution in [3.05, 3.63) is 24.0 Å². The molecule has 0 spiro atoms. The Hall–Kier alpha value is -0.570. The van der Waals surface area contributed by atoms with Crippen molar-refractivity contribution < 1.29 is 4.79 Å². The van der Waals surface area contributed by atoms with Crippen LogP contribution in [-0.4, -0.2) is 9.68 Å². The second-order valence-electron chi connectivity index (χ2n) is 1.36. The Morgan fingerprint density at radius 2 is 2.50 bits per heavy atom. The zero-order chi connectivity index (χ0) is 5.98. The van der Waals surface area contributed by atoms with Gasteiger partial charge in [-0.3, -0.25) is 4.79 Å². The smallest absolute Gasteiger partial charge is 0.244 e. The van der Waals surface area contributed by atoms with Crippen molar-refractivity contribution in [3.63, 3.8) is 0 Å². The maximum atomic E-state index is 10.4. The molecule has 0 aliphatic rings. The fourth-order valence-corrected chi connectivity index (χ4v) is 0.699. The number of aromatic amines is 1. The van der Waals surface area contributed by atoms with E-state index in [0.29, 0.717) is 5.69 Å². The maximum absolute atomic E-state index is 10.4. The second kappa shape index (κ2) is 2.13. The Labute approximate surface area is 55.0 Å². The largest absolute Gasteiger partial charge is 0.358 e. The summed E-state index contributed by atoms with van der Waals surface area (Å²) in [7, 11) is 0. The third kappa shape index (κ3) is 0.980. The standard InChI is InChI=1S/C5H4BrNO/c6-5(8)4-2-1-3-7-4/h1-3,7H. The van der Waals surface area contributed by atoms with E-state index in [4.69, 9.17) is 0 Å². The van der Waals surface area contributed by atoms with E-state index < -0.39 is 0 Å². The lowest BCUT2D eigenvalue weighted by atomic mass is 10.5. The van der Waals surface area contributed by atoms with Gasteiger partial charge in [-0.2, -0.15) is 0 Å². The molecule has 0 unspecified atom stereocenters. The normalized spacial score (nSPS) is 9.12. The number of rotatable bonds is 1. The second-order valence-corrected chi connectivity index (χ2v) is 2.08. The third-order valence-corrected chi connectivity index (χ3v) is 1.24. The van der Waals surface area contributed by atoms with Crippen molar-refractivity contribution in [2.45, 2.75) is 0 Å². The molecule has 42 valence electrons. The molecule has 0 radical (unpaired) electrons. The van der Waals surface area contributed by atoms with Gasteiger partial charge in [-0.15, -0.1) is 0 Å². The average molecular weight is 174 g/mol. The van der Waals surface area contributed by atoms with E-state index in [1.54, 1.807) is 18.3 Å². The molecule has 1 N–H and O–H groups in total. The van der Waals surface area contributed by atoms with E-state index in [-0.39, 0.29) is 4.69 Å². The molecule has 1 aromatic rings. The highest BCUT2D eigenvalue weighted by molar-refractivity contribution is 9.18. The van der Waals surface area contributed by atoms with Crippen LogP contribution in [0, 0.1) is 0 Å². The molecule has 0 saturated carbocycles. The number of hydrogen-bond acceptors (Lipinski definition) is 1. The van der Waals surface area contributed by atoms with Crippen LogP contribution in [0.25, 0.3) is 0 Å². The van der Waals surface area contributed by atoms with Gasteiger partial charge in [-0.1, -0.05) is 0 Å². The average Bonchev–Trinajstić information content (AvgIpc) is 2.12. The van der Waals surface area contributed by atoms with Gasteiger partial charge in [0.15, 0.2) is 0 Å². The minimum atomic E-state index is -0.109. The predicted octanol–water partition coefficient (Wildman–Crippen LogP) is 1.55. The molecule has 0 fully saturated rings. The van der Waals surface area contributed by atoms with Gasteiger partial charge in [-0.05, 0) is 28.1 Å². The third-order valence-electron chi connectivity index (χ3n) is 0.810. The first-order valence-corrected chi connectivity index (χ1v) is 2.93. The summed E-state index contributed by atoms with van der Waals surface area (Å²) in [6.07, 6.45) is 1.70. The summed E-state index contributed by atoms with van der Waals surface area (Å²) < 4.78 is -0.109. The van der Waals surface area contributed by atoms with Gasteiger partial charge in [0.25, 0.3) is 0 Å². The molecule has 3 heteroatoms. The topological polar surface area (TPSA) is 32.9 Å². The molecule has 2 nitrogen and oxygen atoms in total. The van der Waals surface area contributed by atoms with Crippen LogP contribution in [0.4, 0.5) is 0 Å². The van der Waals surface area contributed by atoms with Crippen LogP contribution in [0.2, 0.25) is 0 Å². The Balaban J connectivity index is 2.93. The Morgan fingerprint density at radius 1 is 1.75 bits per heavy atom. The highest BCUT2D eigenvalue weighted by Gasteiger charge is 1.96. The monoisotopic (exact) mass is 173 g/mol.